The maximum absolute atomic E-state index is 12.8. The number of aliphatic carboxylic acids is 1. The summed E-state index contributed by atoms with van der Waals surface area (Å²) in [6.45, 7) is 5.71. The molecule has 75 heavy (non-hydrogen) atoms. The van der Waals surface area contributed by atoms with Crippen molar-refractivity contribution in [3.63, 3.8) is 0 Å². The van der Waals surface area contributed by atoms with Gasteiger partial charge in [0.05, 0.1) is 73.2 Å². The molecule has 0 fully saturated rings. The monoisotopic (exact) mass is 1060 g/mol. The van der Waals surface area contributed by atoms with Crippen molar-refractivity contribution in [2.45, 2.75) is 184 Å². The number of aliphatic hydroxyl groups excluding tert-OH is 12. The van der Waals surface area contributed by atoms with Crippen LogP contribution in [0.4, 0.5) is 0 Å². The molecule has 0 aliphatic heterocycles. The zero-order valence-corrected chi connectivity index (χ0v) is 44.3. The van der Waals surface area contributed by atoms with Crippen molar-refractivity contribution in [2.75, 3.05) is 6.54 Å². The highest BCUT2D eigenvalue weighted by Gasteiger charge is 2.26. The van der Waals surface area contributed by atoms with Crippen molar-refractivity contribution in [3.05, 3.63) is 146 Å². The van der Waals surface area contributed by atoms with E-state index in [0.717, 1.165) is 18.9 Å². The summed E-state index contributed by atoms with van der Waals surface area (Å²) in [5, 5.41) is 133. The van der Waals surface area contributed by atoms with Gasteiger partial charge in [-0.25, -0.2) is 4.79 Å². The lowest BCUT2D eigenvalue weighted by atomic mass is 9.88. The lowest BCUT2D eigenvalue weighted by Crippen LogP contribution is -2.32. The van der Waals surface area contributed by atoms with E-state index in [4.69, 9.17) is 10.8 Å². The maximum Gasteiger partial charge on any atom is 0.328 e. The fourth-order valence-electron chi connectivity index (χ4n) is 7.53. The van der Waals surface area contributed by atoms with Gasteiger partial charge in [-0.3, -0.25) is 4.79 Å². The smallest absolute Gasteiger partial charge is 0.328 e. The first kappa shape index (κ1) is 70.5. The molecule has 16 heteroatoms. The van der Waals surface area contributed by atoms with Crippen LogP contribution in [0.25, 0.3) is 0 Å². The van der Waals surface area contributed by atoms with Crippen LogP contribution in [0, 0.1) is 17.8 Å². The van der Waals surface area contributed by atoms with E-state index in [-0.39, 0.29) is 75.9 Å². The molecule has 0 bridgehead atoms. The van der Waals surface area contributed by atoms with Crippen LogP contribution in [-0.2, 0) is 9.59 Å². The number of carboxylic acids is 1. The predicted molar refractivity (Wildman–Crippen MR) is 296 cm³/mol. The average Bonchev–Trinajstić information content (AvgIpc) is 3.33. The van der Waals surface area contributed by atoms with Gasteiger partial charge in [-0.2, -0.15) is 0 Å². The molecule has 0 aliphatic carbocycles. The van der Waals surface area contributed by atoms with Crippen LogP contribution in [0.5, 0.6) is 0 Å². The van der Waals surface area contributed by atoms with Crippen LogP contribution in [0.3, 0.4) is 0 Å². The van der Waals surface area contributed by atoms with E-state index in [1.807, 2.05) is 37.3 Å². The van der Waals surface area contributed by atoms with Crippen LogP contribution in [0.2, 0.25) is 0 Å². The summed E-state index contributed by atoms with van der Waals surface area (Å²) in [5.74, 6) is -2.70. The number of unbranched alkanes of at least 4 members (excludes halogenated alkanes) is 1. The summed E-state index contributed by atoms with van der Waals surface area (Å²) in [6, 6.07) is 0. The second-order valence-corrected chi connectivity index (χ2v) is 19.2. The molecule has 15 atom stereocenters. The standard InChI is InChI=1S/C59H93NO15/c1-43(26-19-15-11-7-4-5-10-14-18-22-34-58(73)74)59(75)45(3)56(71)33-21-17-13-9-6-8-12-16-20-32-55(70)44(2)57(72)42-54(69)41-53(68)39-49(64)30-24-29-48(63)38-52(67)40-51(66)37-47(62)28-23-27-46(61)36-50(65)31-25-35-60/h4-10,12-14,16-24,26,28,30,33-34,43-56,59,61-71,75H,11,15,25,27,29,31-32,35-42,60H2,1-3H3,(H,73,74). The van der Waals surface area contributed by atoms with Crippen molar-refractivity contribution >= 4 is 11.8 Å². The van der Waals surface area contributed by atoms with Crippen LogP contribution >= 0.6 is 0 Å². The van der Waals surface area contributed by atoms with E-state index < -0.39 is 91.1 Å². The molecule has 15 unspecified atom stereocenters. The number of carbonyl (C=O) groups is 2. The summed E-state index contributed by atoms with van der Waals surface area (Å²) in [7, 11) is 0. The van der Waals surface area contributed by atoms with Gasteiger partial charge in [-0.1, -0.05) is 161 Å². The first-order valence-corrected chi connectivity index (χ1v) is 26.3. The van der Waals surface area contributed by atoms with Gasteiger partial charge in [0, 0.05) is 43.1 Å². The number of ketones is 1. The molecule has 0 amide bonds. The maximum atomic E-state index is 12.8. The fourth-order valence-corrected chi connectivity index (χ4v) is 7.53. The van der Waals surface area contributed by atoms with E-state index in [2.05, 4.69) is 0 Å². The topological polar surface area (TPSA) is 323 Å². The average molecular weight is 1060 g/mol. The molecule has 0 aromatic rings. The van der Waals surface area contributed by atoms with E-state index >= 15 is 0 Å². The van der Waals surface area contributed by atoms with E-state index in [0.29, 0.717) is 19.4 Å². The molecular weight excluding hydrogens is 963 g/mol. The molecule has 0 aliphatic rings. The normalized spacial score (nSPS) is 19.5. The third-order valence-electron chi connectivity index (χ3n) is 12.1. The van der Waals surface area contributed by atoms with Gasteiger partial charge < -0.3 is 72.1 Å². The van der Waals surface area contributed by atoms with Crippen molar-refractivity contribution in [2.24, 2.45) is 23.5 Å². The molecule has 15 N–H and O–H groups in total. The summed E-state index contributed by atoms with van der Waals surface area (Å²) in [5.41, 5.74) is 5.42. The number of carbonyl (C=O) groups excluding carboxylic acids is 1. The highest BCUT2D eigenvalue weighted by Crippen LogP contribution is 2.20. The Kier molecular flexibility index (Phi) is 41.9. The summed E-state index contributed by atoms with van der Waals surface area (Å²) in [6.07, 6.45) is 31.5. The van der Waals surface area contributed by atoms with Crippen LogP contribution in [-0.4, -0.2) is 158 Å². The largest absolute Gasteiger partial charge is 0.478 e. The number of allylic oxidation sites excluding steroid dienone is 16. The summed E-state index contributed by atoms with van der Waals surface area (Å²) in [4.78, 5) is 23.2. The second kappa shape index (κ2) is 44.6. The zero-order valence-electron chi connectivity index (χ0n) is 44.3. The minimum atomic E-state index is -1.20. The Morgan fingerprint density at radius 1 is 0.453 bits per heavy atom. The first-order valence-electron chi connectivity index (χ1n) is 26.3. The van der Waals surface area contributed by atoms with Crippen LogP contribution in [0.1, 0.15) is 111 Å². The number of aliphatic hydroxyl groups is 12. The minimum absolute atomic E-state index is 0.0635. The Balaban J connectivity index is 4.50. The highest BCUT2D eigenvalue weighted by atomic mass is 16.4. The Bertz CT molecular complexity index is 1870. The first-order chi connectivity index (χ1) is 35.7. The van der Waals surface area contributed by atoms with Gasteiger partial charge in [-0.15, -0.1) is 0 Å². The number of carboxylic acid groups (broad SMARTS) is 1. The Labute approximate surface area is 446 Å². The van der Waals surface area contributed by atoms with Gasteiger partial charge in [0.1, 0.15) is 5.78 Å². The fraction of sp³-hybridized carbons (Fsp3) is 0.559. The molecule has 16 nitrogen and oxygen atoms in total. The van der Waals surface area contributed by atoms with Crippen LogP contribution < -0.4 is 5.73 Å². The number of rotatable bonds is 43. The van der Waals surface area contributed by atoms with E-state index in [1.54, 1.807) is 98.9 Å². The molecule has 0 aromatic carbocycles. The van der Waals surface area contributed by atoms with Gasteiger partial charge in [0.2, 0.25) is 0 Å². The van der Waals surface area contributed by atoms with E-state index in [9.17, 15) is 70.9 Å². The molecule has 0 spiro atoms. The van der Waals surface area contributed by atoms with Crippen molar-refractivity contribution in [3.8, 4) is 0 Å². The zero-order chi connectivity index (χ0) is 56.4. The number of nitrogens with two attached hydrogens (primary N) is 1. The molecule has 0 rings (SSSR count). The lowest BCUT2D eigenvalue weighted by Gasteiger charge is -2.25. The summed E-state index contributed by atoms with van der Waals surface area (Å²) >= 11 is 0. The minimum Gasteiger partial charge on any atom is -0.478 e. The molecule has 0 saturated heterocycles. The molecule has 0 saturated carbocycles. The van der Waals surface area contributed by atoms with Gasteiger partial charge >= 0.3 is 5.97 Å². The van der Waals surface area contributed by atoms with Gasteiger partial charge in [0.25, 0.3) is 0 Å². The van der Waals surface area contributed by atoms with E-state index in [1.165, 1.54) is 24.3 Å². The Hall–Kier alpha value is -4.50. The quantitative estimate of drug-likeness (QED) is 0.0166. The third-order valence-corrected chi connectivity index (χ3v) is 12.1. The number of hydrogen-bond donors (Lipinski definition) is 14. The third kappa shape index (κ3) is 40.4. The molecular formula is C59H93NO15. The molecule has 0 aromatic heterocycles. The van der Waals surface area contributed by atoms with Crippen LogP contribution in [0.15, 0.2) is 146 Å². The molecule has 424 valence electrons. The summed E-state index contributed by atoms with van der Waals surface area (Å²) < 4.78 is 0. The number of hydrogen-bond acceptors (Lipinski definition) is 15. The van der Waals surface area contributed by atoms with Gasteiger partial charge in [-0.05, 0) is 77.2 Å². The molecule has 0 heterocycles. The lowest BCUT2D eigenvalue weighted by molar-refractivity contribution is -0.131. The van der Waals surface area contributed by atoms with Crippen molar-refractivity contribution in [1.29, 1.82) is 0 Å². The Morgan fingerprint density at radius 2 is 0.907 bits per heavy atom. The van der Waals surface area contributed by atoms with Crippen molar-refractivity contribution in [1.82, 2.24) is 0 Å². The van der Waals surface area contributed by atoms with Gasteiger partial charge in [0.15, 0.2) is 0 Å². The predicted octanol–water partition coefficient (Wildman–Crippen LogP) is 4.97. The second-order valence-electron chi connectivity index (χ2n) is 19.2. The van der Waals surface area contributed by atoms with Crippen molar-refractivity contribution < 1.29 is 76.0 Å². The highest BCUT2D eigenvalue weighted by molar-refractivity contribution is 5.81. The Morgan fingerprint density at radius 3 is 1.45 bits per heavy atom. The number of Topliss-reactive ketones (excluding diaryl/α,β-unsaturated/α-hetero) is 1. The molecule has 0 radical (unpaired) electrons. The SMILES string of the molecule is CC(C=CCCC=CC=CC=CC=CC(=O)O)C(O)C(C)C(O)C=CC=CC=CC=CC=CCC(O)C(C)C(=O)CC(O)CC(O)CC(O)C=CCC(O)CC(O)CC(O)CC(O)C=CCC(O)CC(O)CCCN.